The molecule has 2 aromatic carbocycles. The minimum atomic E-state index is -0.483. The predicted molar refractivity (Wildman–Crippen MR) is 70.9 cm³/mol. The van der Waals surface area contributed by atoms with Crippen LogP contribution in [0.4, 0.5) is 0 Å². The van der Waals surface area contributed by atoms with Crippen molar-refractivity contribution in [1.82, 2.24) is 0 Å². The number of epoxide rings is 1. The molecule has 3 rings (SSSR count). The molecule has 0 radical (unpaired) electrons. The van der Waals surface area contributed by atoms with Crippen molar-refractivity contribution in [3.8, 4) is 5.75 Å². The quantitative estimate of drug-likeness (QED) is 0.480. The van der Waals surface area contributed by atoms with Gasteiger partial charge in [0, 0.05) is 0 Å². The number of para-hydroxylation sites is 1. The van der Waals surface area contributed by atoms with Crippen LogP contribution in [0.25, 0.3) is 0 Å². The Hall–Kier alpha value is -2.13. The summed E-state index contributed by atoms with van der Waals surface area (Å²) in [5, 5.41) is 0. The van der Waals surface area contributed by atoms with Crippen molar-refractivity contribution in [2.75, 3.05) is 0 Å². The Bertz CT molecular complexity index is 575. The van der Waals surface area contributed by atoms with Gasteiger partial charge in [-0.25, -0.2) is 4.79 Å². The van der Waals surface area contributed by atoms with Crippen LogP contribution in [0.1, 0.15) is 17.2 Å². The standard InChI is InChI=1S/C16H14O3/c1-11-7-9-12(10-8-11)14-15(19-14)16(17)18-13-5-3-2-4-6-13/h2-10,14-15H,1H3/t14-,15+/m1/s1. The lowest BCUT2D eigenvalue weighted by molar-refractivity contribution is -0.135. The number of aryl methyl sites for hydroxylation is 1. The van der Waals surface area contributed by atoms with E-state index < -0.39 is 6.10 Å². The highest BCUT2D eigenvalue weighted by Gasteiger charge is 2.47. The highest BCUT2D eigenvalue weighted by Crippen LogP contribution is 2.39. The lowest BCUT2D eigenvalue weighted by atomic mass is 10.1. The summed E-state index contributed by atoms with van der Waals surface area (Å²) in [7, 11) is 0. The number of hydrogen-bond donors (Lipinski definition) is 0. The van der Waals surface area contributed by atoms with Gasteiger partial charge in [0.25, 0.3) is 0 Å². The van der Waals surface area contributed by atoms with Gasteiger partial charge < -0.3 is 9.47 Å². The first-order valence-corrected chi connectivity index (χ1v) is 6.23. The first-order valence-electron chi connectivity index (χ1n) is 6.23. The molecule has 2 atom stereocenters. The van der Waals surface area contributed by atoms with E-state index in [1.807, 2.05) is 49.4 Å². The average Bonchev–Trinajstić information content (AvgIpc) is 3.21. The zero-order chi connectivity index (χ0) is 13.2. The molecule has 19 heavy (non-hydrogen) atoms. The van der Waals surface area contributed by atoms with E-state index >= 15 is 0 Å². The SMILES string of the molecule is Cc1ccc([C@H]2O[C@@H]2C(=O)Oc2ccccc2)cc1. The largest absolute Gasteiger partial charge is 0.425 e. The molecule has 0 aliphatic carbocycles. The maximum absolute atomic E-state index is 11.9. The molecule has 0 bridgehead atoms. The molecule has 3 nitrogen and oxygen atoms in total. The van der Waals surface area contributed by atoms with Crippen LogP contribution in [0.2, 0.25) is 0 Å². The number of esters is 1. The van der Waals surface area contributed by atoms with E-state index in [1.54, 1.807) is 12.1 Å². The molecule has 1 saturated heterocycles. The third kappa shape index (κ3) is 2.66. The predicted octanol–water partition coefficient (Wildman–Crippen LogP) is 3.04. The zero-order valence-corrected chi connectivity index (χ0v) is 10.6. The van der Waals surface area contributed by atoms with E-state index in [2.05, 4.69) is 0 Å². The Morgan fingerprint density at radius 1 is 1.05 bits per heavy atom. The van der Waals surface area contributed by atoms with E-state index in [9.17, 15) is 4.79 Å². The van der Waals surface area contributed by atoms with Gasteiger partial charge in [-0.2, -0.15) is 0 Å². The van der Waals surface area contributed by atoms with Crippen LogP contribution in [0.3, 0.4) is 0 Å². The summed E-state index contributed by atoms with van der Waals surface area (Å²) < 4.78 is 10.7. The van der Waals surface area contributed by atoms with Gasteiger partial charge in [0.15, 0.2) is 6.10 Å². The molecule has 2 aromatic rings. The first kappa shape index (κ1) is 11.9. The number of carbonyl (C=O) groups is 1. The molecular formula is C16H14O3. The highest BCUT2D eigenvalue weighted by atomic mass is 16.6. The van der Waals surface area contributed by atoms with Crippen LogP contribution >= 0.6 is 0 Å². The molecular weight excluding hydrogens is 240 g/mol. The molecule has 1 aliphatic rings. The monoisotopic (exact) mass is 254 g/mol. The second kappa shape index (κ2) is 4.86. The van der Waals surface area contributed by atoms with E-state index in [0.717, 1.165) is 5.56 Å². The molecule has 0 N–H and O–H groups in total. The Balaban J connectivity index is 1.63. The minimum Gasteiger partial charge on any atom is -0.425 e. The molecule has 0 saturated carbocycles. The third-order valence-corrected chi connectivity index (χ3v) is 3.09. The van der Waals surface area contributed by atoms with Crippen molar-refractivity contribution < 1.29 is 14.3 Å². The van der Waals surface area contributed by atoms with Gasteiger partial charge in [-0.1, -0.05) is 48.0 Å². The second-order valence-corrected chi connectivity index (χ2v) is 4.62. The van der Waals surface area contributed by atoms with Crippen LogP contribution < -0.4 is 4.74 Å². The van der Waals surface area contributed by atoms with Gasteiger partial charge in [0.1, 0.15) is 11.9 Å². The lowest BCUT2D eigenvalue weighted by Gasteiger charge is -2.01. The molecule has 3 heteroatoms. The fraction of sp³-hybridized carbons (Fsp3) is 0.188. The molecule has 96 valence electrons. The maximum atomic E-state index is 11.9. The molecule has 0 unspecified atom stereocenters. The normalized spacial score (nSPS) is 20.9. The molecule has 0 spiro atoms. The number of hydrogen-bond acceptors (Lipinski definition) is 3. The summed E-state index contributed by atoms with van der Waals surface area (Å²) in [6.45, 7) is 2.03. The van der Waals surface area contributed by atoms with Gasteiger partial charge in [0.05, 0.1) is 0 Å². The van der Waals surface area contributed by atoms with Crippen LogP contribution in [0, 0.1) is 6.92 Å². The molecule has 1 aliphatic heterocycles. The van der Waals surface area contributed by atoms with Gasteiger partial charge in [-0.3, -0.25) is 0 Å². The molecule has 0 amide bonds. The van der Waals surface area contributed by atoms with E-state index in [1.165, 1.54) is 5.56 Å². The lowest BCUT2D eigenvalue weighted by Crippen LogP contribution is -2.15. The molecule has 1 heterocycles. The number of benzene rings is 2. The van der Waals surface area contributed by atoms with Crippen LogP contribution in [-0.4, -0.2) is 12.1 Å². The second-order valence-electron chi connectivity index (χ2n) is 4.62. The summed E-state index contributed by atoms with van der Waals surface area (Å²) in [5.41, 5.74) is 2.20. The van der Waals surface area contributed by atoms with Gasteiger partial charge in [-0.15, -0.1) is 0 Å². The van der Waals surface area contributed by atoms with Crippen molar-refractivity contribution in [2.45, 2.75) is 19.1 Å². The van der Waals surface area contributed by atoms with Crippen LogP contribution in [0.5, 0.6) is 5.75 Å². The van der Waals surface area contributed by atoms with Gasteiger partial charge in [0.2, 0.25) is 0 Å². The van der Waals surface area contributed by atoms with Gasteiger partial charge in [-0.05, 0) is 24.6 Å². The van der Waals surface area contributed by atoms with E-state index in [4.69, 9.17) is 9.47 Å². The minimum absolute atomic E-state index is 0.170. The number of rotatable bonds is 3. The Morgan fingerprint density at radius 3 is 2.42 bits per heavy atom. The van der Waals surface area contributed by atoms with Crippen LogP contribution in [-0.2, 0) is 9.53 Å². The summed E-state index contributed by atoms with van der Waals surface area (Å²) in [4.78, 5) is 11.9. The molecule has 1 fully saturated rings. The van der Waals surface area contributed by atoms with E-state index in [0.29, 0.717) is 5.75 Å². The van der Waals surface area contributed by atoms with Crippen molar-refractivity contribution in [1.29, 1.82) is 0 Å². The Kier molecular flexibility index (Phi) is 3.05. The smallest absolute Gasteiger partial charge is 0.343 e. The van der Waals surface area contributed by atoms with Crippen molar-refractivity contribution in [3.63, 3.8) is 0 Å². The number of carbonyl (C=O) groups excluding carboxylic acids is 1. The fourth-order valence-corrected chi connectivity index (χ4v) is 1.96. The summed E-state index contributed by atoms with van der Waals surface area (Å²) in [5.74, 6) is 0.211. The highest BCUT2D eigenvalue weighted by molar-refractivity contribution is 5.80. The topological polar surface area (TPSA) is 38.8 Å². The first-order chi connectivity index (χ1) is 9.24. The zero-order valence-electron chi connectivity index (χ0n) is 10.6. The number of ether oxygens (including phenoxy) is 2. The Labute approximate surface area is 111 Å². The summed E-state index contributed by atoms with van der Waals surface area (Å²) in [6, 6.07) is 17.0. The summed E-state index contributed by atoms with van der Waals surface area (Å²) >= 11 is 0. The Morgan fingerprint density at radius 2 is 1.74 bits per heavy atom. The summed E-state index contributed by atoms with van der Waals surface area (Å²) in [6.07, 6.45) is -0.653. The third-order valence-electron chi connectivity index (χ3n) is 3.09. The average molecular weight is 254 g/mol. The van der Waals surface area contributed by atoms with Crippen molar-refractivity contribution in [2.24, 2.45) is 0 Å². The van der Waals surface area contributed by atoms with Crippen LogP contribution in [0.15, 0.2) is 54.6 Å². The van der Waals surface area contributed by atoms with Crippen molar-refractivity contribution >= 4 is 5.97 Å². The van der Waals surface area contributed by atoms with E-state index in [-0.39, 0.29) is 12.1 Å². The maximum Gasteiger partial charge on any atom is 0.343 e. The van der Waals surface area contributed by atoms with Crippen molar-refractivity contribution in [3.05, 3.63) is 65.7 Å². The van der Waals surface area contributed by atoms with Gasteiger partial charge >= 0.3 is 5.97 Å². The molecule has 0 aromatic heterocycles. The fourth-order valence-electron chi connectivity index (χ4n) is 1.96.